The minimum Gasteiger partial charge on any atom is -0.493 e. The number of hydrogen-bond acceptors (Lipinski definition) is 5. The maximum atomic E-state index is 6.09. The van der Waals surface area contributed by atoms with Crippen LogP contribution in [0.5, 0.6) is 17.2 Å². The van der Waals surface area contributed by atoms with Crippen molar-refractivity contribution in [3.8, 4) is 17.2 Å². The fraction of sp³-hybridized carbons (Fsp3) is 0.412. The van der Waals surface area contributed by atoms with Gasteiger partial charge >= 0.3 is 0 Å². The van der Waals surface area contributed by atoms with E-state index >= 15 is 0 Å². The van der Waals surface area contributed by atoms with Gasteiger partial charge in [-0.05, 0) is 97.3 Å². The van der Waals surface area contributed by atoms with E-state index in [0.29, 0.717) is 6.61 Å². The molecule has 0 amide bonds. The number of hydrogen-bond donors (Lipinski definition) is 1. The Morgan fingerprint density at radius 2 is 1.73 bits per heavy atom. The Morgan fingerprint density at radius 3 is 2.55 bits per heavy atom. The lowest BCUT2D eigenvalue weighted by Crippen LogP contribution is -2.35. The summed E-state index contributed by atoms with van der Waals surface area (Å²) in [5, 5.41) is 1.28. The van der Waals surface area contributed by atoms with Crippen molar-refractivity contribution >= 4 is 10.9 Å². The van der Waals surface area contributed by atoms with Gasteiger partial charge in [-0.3, -0.25) is 4.90 Å². The smallest absolute Gasteiger partial charge is 0.161 e. The highest BCUT2D eigenvalue weighted by molar-refractivity contribution is 5.84. The molecule has 1 N–H and O–H groups in total. The van der Waals surface area contributed by atoms with Crippen molar-refractivity contribution < 1.29 is 14.2 Å². The third-order valence-electron chi connectivity index (χ3n) is 8.59. The van der Waals surface area contributed by atoms with Gasteiger partial charge in [0.15, 0.2) is 11.5 Å². The molecule has 210 valence electrons. The van der Waals surface area contributed by atoms with Crippen molar-refractivity contribution in [3.63, 3.8) is 0 Å². The maximum absolute atomic E-state index is 6.09. The van der Waals surface area contributed by atoms with Crippen LogP contribution in [0.2, 0.25) is 0 Å². The molecule has 3 heterocycles. The number of methoxy groups -OCH3 is 2. The van der Waals surface area contributed by atoms with Gasteiger partial charge in [-0.2, -0.15) is 0 Å². The molecule has 0 bridgehead atoms. The number of likely N-dealkylation sites (tertiary alicyclic amines) is 1. The molecule has 6 rings (SSSR count). The molecule has 3 aromatic carbocycles. The summed E-state index contributed by atoms with van der Waals surface area (Å²) in [6, 6.07) is 21.1. The summed E-state index contributed by atoms with van der Waals surface area (Å²) in [7, 11) is 3.43. The van der Waals surface area contributed by atoms with E-state index in [0.717, 1.165) is 55.6 Å². The normalized spacial score (nSPS) is 17.7. The Labute approximate surface area is 237 Å². The Bertz CT molecular complexity index is 1420. The minimum atomic E-state index is 0.592. The first-order valence-electron chi connectivity index (χ1n) is 14.6. The van der Waals surface area contributed by atoms with Crippen molar-refractivity contribution in [1.82, 2.24) is 14.8 Å². The zero-order valence-corrected chi connectivity index (χ0v) is 23.8. The van der Waals surface area contributed by atoms with Gasteiger partial charge in [-0.1, -0.05) is 30.3 Å². The van der Waals surface area contributed by atoms with E-state index < -0.39 is 0 Å². The molecule has 2 aliphatic rings. The summed E-state index contributed by atoms with van der Waals surface area (Å²) in [5.74, 6) is 3.35. The summed E-state index contributed by atoms with van der Waals surface area (Å²) in [5.41, 5.74) is 6.53. The molecule has 0 radical (unpaired) electrons. The van der Waals surface area contributed by atoms with Gasteiger partial charge in [-0.15, -0.1) is 0 Å². The van der Waals surface area contributed by atoms with Crippen LogP contribution in [0.15, 0.2) is 66.9 Å². The van der Waals surface area contributed by atoms with Crippen LogP contribution in [0.1, 0.15) is 35.1 Å². The monoisotopic (exact) mass is 539 g/mol. The van der Waals surface area contributed by atoms with E-state index in [4.69, 9.17) is 14.2 Å². The van der Waals surface area contributed by atoms with Crippen LogP contribution < -0.4 is 14.2 Å². The molecule has 1 aromatic heterocycles. The zero-order valence-electron chi connectivity index (χ0n) is 23.8. The Morgan fingerprint density at radius 1 is 0.900 bits per heavy atom. The summed E-state index contributed by atoms with van der Waals surface area (Å²) in [4.78, 5) is 8.75. The highest BCUT2D eigenvalue weighted by atomic mass is 16.5. The van der Waals surface area contributed by atoms with Crippen molar-refractivity contribution in [2.75, 3.05) is 46.9 Å². The van der Waals surface area contributed by atoms with Crippen molar-refractivity contribution in [2.45, 2.75) is 38.8 Å². The number of H-pyrrole nitrogens is 1. The number of ether oxygens (including phenoxy) is 3. The molecule has 6 heteroatoms. The van der Waals surface area contributed by atoms with E-state index in [-0.39, 0.29) is 0 Å². The lowest BCUT2D eigenvalue weighted by Gasteiger charge is -2.31. The lowest BCUT2D eigenvalue weighted by atomic mass is 9.97. The van der Waals surface area contributed by atoms with Crippen LogP contribution in [-0.2, 0) is 26.0 Å². The number of fused-ring (bicyclic) bond motifs is 2. The second-order valence-corrected chi connectivity index (χ2v) is 11.3. The van der Waals surface area contributed by atoms with E-state index in [1.807, 2.05) is 6.07 Å². The third-order valence-corrected chi connectivity index (χ3v) is 8.59. The van der Waals surface area contributed by atoms with E-state index in [9.17, 15) is 0 Å². The fourth-order valence-corrected chi connectivity index (χ4v) is 6.42. The predicted octanol–water partition coefficient (Wildman–Crippen LogP) is 6.08. The van der Waals surface area contributed by atoms with Crippen molar-refractivity contribution in [2.24, 2.45) is 5.92 Å². The van der Waals surface area contributed by atoms with Crippen LogP contribution in [0.25, 0.3) is 10.9 Å². The molecule has 1 unspecified atom stereocenters. The van der Waals surface area contributed by atoms with Crippen LogP contribution in [-0.4, -0.2) is 61.7 Å². The average Bonchev–Trinajstić information content (AvgIpc) is 3.62. The molecule has 1 fully saturated rings. The molecule has 1 atom stereocenters. The largest absolute Gasteiger partial charge is 0.493 e. The first kappa shape index (κ1) is 26.7. The van der Waals surface area contributed by atoms with Crippen LogP contribution >= 0.6 is 0 Å². The fourth-order valence-electron chi connectivity index (χ4n) is 6.42. The van der Waals surface area contributed by atoms with Gasteiger partial charge in [0.25, 0.3) is 0 Å². The first-order valence-corrected chi connectivity index (χ1v) is 14.6. The second kappa shape index (κ2) is 12.4. The number of nitrogens with one attached hydrogen (secondary N) is 1. The molecule has 4 aromatic rings. The maximum Gasteiger partial charge on any atom is 0.161 e. The van der Waals surface area contributed by atoms with Crippen LogP contribution in [0, 0.1) is 5.92 Å². The van der Waals surface area contributed by atoms with E-state index in [2.05, 4.69) is 75.6 Å². The minimum absolute atomic E-state index is 0.592. The number of benzene rings is 3. The Kier molecular flexibility index (Phi) is 8.26. The number of nitrogens with zero attached hydrogens (tertiary/aromatic N) is 2. The standard InChI is InChI=1S/C34H41N3O3/c1-38-33-17-27-13-16-37(23-29(27)18-34(33)39-2)22-26-12-15-36(21-26)14-6-9-28-20-35-32-11-10-30(19-31(28)32)40-24-25-7-4-3-5-8-25/h3-5,7-8,10-11,17-20,26,35H,6,9,12-16,21-24H2,1-2H3. The first-order chi connectivity index (χ1) is 19.7. The Hall–Kier alpha value is -3.48. The molecule has 1 saturated heterocycles. The molecule has 0 aliphatic carbocycles. The van der Waals surface area contributed by atoms with Gasteiger partial charge < -0.3 is 24.1 Å². The molecule has 0 saturated carbocycles. The quantitative estimate of drug-likeness (QED) is 0.251. The summed E-state index contributed by atoms with van der Waals surface area (Å²) in [6.07, 6.45) is 6.81. The zero-order chi connectivity index (χ0) is 27.3. The van der Waals surface area contributed by atoms with E-state index in [1.165, 1.54) is 65.6 Å². The highest BCUT2D eigenvalue weighted by Gasteiger charge is 2.26. The van der Waals surface area contributed by atoms with E-state index in [1.54, 1.807) is 14.2 Å². The number of aromatic amines is 1. The highest BCUT2D eigenvalue weighted by Crippen LogP contribution is 2.34. The molecule has 2 aliphatic heterocycles. The lowest BCUT2D eigenvalue weighted by molar-refractivity contribution is 0.209. The molecule has 40 heavy (non-hydrogen) atoms. The Balaban J connectivity index is 0.975. The SMILES string of the molecule is COc1cc2c(cc1OC)CN(CC1CCN(CCCc3c[nH]c4ccc(OCc5ccccc5)cc34)C1)CC2. The van der Waals surface area contributed by atoms with Gasteiger partial charge in [0.2, 0.25) is 0 Å². The topological polar surface area (TPSA) is 50.0 Å². The summed E-state index contributed by atoms with van der Waals surface area (Å²) in [6.45, 7) is 7.48. The van der Waals surface area contributed by atoms with Crippen molar-refractivity contribution in [3.05, 3.63) is 89.1 Å². The predicted molar refractivity (Wildman–Crippen MR) is 160 cm³/mol. The molecule has 0 spiro atoms. The van der Waals surface area contributed by atoms with Crippen LogP contribution in [0.3, 0.4) is 0 Å². The molecular weight excluding hydrogens is 498 g/mol. The molecule has 6 nitrogen and oxygen atoms in total. The number of aryl methyl sites for hydroxylation is 1. The van der Waals surface area contributed by atoms with Crippen LogP contribution in [0.4, 0.5) is 0 Å². The number of rotatable bonds is 11. The average molecular weight is 540 g/mol. The van der Waals surface area contributed by atoms with Crippen molar-refractivity contribution in [1.29, 1.82) is 0 Å². The second-order valence-electron chi connectivity index (χ2n) is 11.3. The third kappa shape index (κ3) is 6.13. The van der Waals surface area contributed by atoms with Gasteiger partial charge in [-0.25, -0.2) is 0 Å². The molecular formula is C34H41N3O3. The van der Waals surface area contributed by atoms with Gasteiger partial charge in [0, 0.05) is 43.3 Å². The summed E-state index contributed by atoms with van der Waals surface area (Å²) < 4.78 is 17.1. The van der Waals surface area contributed by atoms with Gasteiger partial charge in [0.1, 0.15) is 12.4 Å². The summed E-state index contributed by atoms with van der Waals surface area (Å²) >= 11 is 0. The van der Waals surface area contributed by atoms with Gasteiger partial charge in [0.05, 0.1) is 14.2 Å². The number of aromatic nitrogens is 1.